The van der Waals surface area contributed by atoms with E-state index in [2.05, 4.69) is 0 Å². The normalized spacial score (nSPS) is 11.5. The van der Waals surface area contributed by atoms with E-state index in [0.29, 0.717) is 5.39 Å². The summed E-state index contributed by atoms with van der Waals surface area (Å²) in [5.41, 5.74) is -0.191. The molecule has 0 bridgehead atoms. The molecular formula is C17H8F2O2. The molecule has 1 heterocycles. The van der Waals surface area contributed by atoms with Crippen molar-refractivity contribution >= 4 is 32.7 Å². The van der Waals surface area contributed by atoms with E-state index in [1.807, 2.05) is 0 Å². The number of hydrogen-bond acceptors (Lipinski definition) is 2. The van der Waals surface area contributed by atoms with Gasteiger partial charge >= 0.3 is 0 Å². The molecule has 4 aromatic rings. The molecule has 0 atom stereocenters. The van der Waals surface area contributed by atoms with E-state index >= 15 is 0 Å². The van der Waals surface area contributed by atoms with E-state index in [1.165, 1.54) is 30.3 Å². The largest absolute Gasteiger partial charge is 0.453 e. The molecule has 2 nitrogen and oxygen atoms in total. The smallest absolute Gasteiger partial charge is 0.201 e. The molecule has 0 N–H and O–H groups in total. The van der Waals surface area contributed by atoms with Crippen molar-refractivity contribution in [3.05, 3.63) is 70.4 Å². The van der Waals surface area contributed by atoms with Crippen molar-refractivity contribution in [2.75, 3.05) is 0 Å². The van der Waals surface area contributed by atoms with Gasteiger partial charge in [-0.25, -0.2) is 8.78 Å². The van der Waals surface area contributed by atoms with Crippen LogP contribution >= 0.6 is 0 Å². The first-order valence-electron chi connectivity index (χ1n) is 6.38. The second-order valence-electron chi connectivity index (χ2n) is 4.85. The maximum Gasteiger partial charge on any atom is 0.201 e. The lowest BCUT2D eigenvalue weighted by atomic mass is 10.0. The average molecular weight is 282 g/mol. The number of hydrogen-bond donors (Lipinski definition) is 0. The van der Waals surface area contributed by atoms with E-state index in [4.69, 9.17) is 4.42 Å². The lowest BCUT2D eigenvalue weighted by Gasteiger charge is -2.05. The quantitative estimate of drug-likeness (QED) is 0.354. The Morgan fingerprint density at radius 1 is 0.905 bits per heavy atom. The van der Waals surface area contributed by atoms with Crippen LogP contribution in [0.25, 0.3) is 32.7 Å². The summed E-state index contributed by atoms with van der Waals surface area (Å²) in [7, 11) is 0. The highest BCUT2D eigenvalue weighted by atomic mass is 19.1. The summed E-state index contributed by atoms with van der Waals surface area (Å²) in [5.74, 6) is -1.03. The molecule has 0 aliphatic rings. The zero-order valence-electron chi connectivity index (χ0n) is 10.7. The van der Waals surface area contributed by atoms with Gasteiger partial charge in [0.15, 0.2) is 11.4 Å². The third kappa shape index (κ3) is 1.65. The van der Waals surface area contributed by atoms with Crippen LogP contribution in [-0.4, -0.2) is 0 Å². The molecule has 0 saturated heterocycles. The molecule has 102 valence electrons. The van der Waals surface area contributed by atoms with Crippen LogP contribution < -0.4 is 5.43 Å². The van der Waals surface area contributed by atoms with Gasteiger partial charge in [0.2, 0.25) is 5.43 Å². The summed E-state index contributed by atoms with van der Waals surface area (Å²) in [6.45, 7) is 0. The van der Waals surface area contributed by atoms with Gasteiger partial charge in [-0.2, -0.15) is 0 Å². The summed E-state index contributed by atoms with van der Waals surface area (Å²) >= 11 is 0. The molecule has 4 heteroatoms. The van der Waals surface area contributed by atoms with Crippen LogP contribution in [0.1, 0.15) is 0 Å². The van der Waals surface area contributed by atoms with E-state index in [9.17, 15) is 13.6 Å². The zero-order valence-corrected chi connectivity index (χ0v) is 10.7. The van der Waals surface area contributed by atoms with Crippen molar-refractivity contribution in [2.24, 2.45) is 0 Å². The van der Waals surface area contributed by atoms with Crippen molar-refractivity contribution in [3.8, 4) is 0 Å². The molecule has 4 rings (SSSR count). The van der Waals surface area contributed by atoms with Crippen molar-refractivity contribution < 1.29 is 13.2 Å². The fourth-order valence-electron chi connectivity index (χ4n) is 2.63. The maximum atomic E-state index is 13.8. The first kappa shape index (κ1) is 12.0. The van der Waals surface area contributed by atoms with Crippen LogP contribution in [0, 0.1) is 11.6 Å². The average Bonchev–Trinajstić information content (AvgIpc) is 2.48. The van der Waals surface area contributed by atoms with E-state index < -0.39 is 11.6 Å². The Morgan fingerprint density at radius 2 is 1.71 bits per heavy atom. The van der Waals surface area contributed by atoms with Crippen molar-refractivity contribution in [1.82, 2.24) is 0 Å². The molecule has 3 aromatic carbocycles. The standard InChI is InChI=1S/C17H8F2O2/c18-10-6-4-9-5-7-14-15(12(9)8-10)16(20)11-2-1-3-13(19)17(11)21-14/h1-8H. The number of fused-ring (bicyclic) bond motifs is 4. The highest BCUT2D eigenvalue weighted by molar-refractivity contribution is 6.08. The zero-order chi connectivity index (χ0) is 14.6. The van der Waals surface area contributed by atoms with E-state index in [0.717, 1.165) is 5.39 Å². The molecule has 0 aliphatic heterocycles. The van der Waals surface area contributed by atoms with Gasteiger partial charge < -0.3 is 4.42 Å². The summed E-state index contributed by atoms with van der Waals surface area (Å²) in [4.78, 5) is 12.6. The Kier molecular flexibility index (Phi) is 2.36. The van der Waals surface area contributed by atoms with Gasteiger partial charge in [-0.15, -0.1) is 0 Å². The summed E-state index contributed by atoms with van der Waals surface area (Å²) in [6, 6.07) is 11.7. The Labute approximate surface area is 117 Å². The lowest BCUT2D eigenvalue weighted by molar-refractivity contribution is 0.579. The Bertz CT molecular complexity index is 1080. The van der Waals surface area contributed by atoms with Crippen LogP contribution in [0.15, 0.2) is 57.7 Å². The minimum Gasteiger partial charge on any atom is -0.453 e. The van der Waals surface area contributed by atoms with E-state index in [1.54, 1.807) is 18.2 Å². The topological polar surface area (TPSA) is 30.2 Å². The van der Waals surface area contributed by atoms with Crippen LogP contribution in [0.4, 0.5) is 8.78 Å². The number of rotatable bonds is 0. The molecular weight excluding hydrogens is 274 g/mol. The summed E-state index contributed by atoms with van der Waals surface area (Å²) in [5, 5.41) is 1.61. The molecule has 0 radical (unpaired) electrons. The van der Waals surface area contributed by atoms with Crippen molar-refractivity contribution in [3.63, 3.8) is 0 Å². The molecule has 0 amide bonds. The highest BCUT2D eigenvalue weighted by Gasteiger charge is 2.13. The minimum absolute atomic E-state index is 0.0780. The van der Waals surface area contributed by atoms with Gasteiger partial charge in [0.05, 0.1) is 10.8 Å². The molecule has 0 fully saturated rings. The fourth-order valence-corrected chi connectivity index (χ4v) is 2.63. The van der Waals surface area contributed by atoms with Gasteiger partial charge in [0.25, 0.3) is 0 Å². The summed E-state index contributed by atoms with van der Waals surface area (Å²) < 4.78 is 32.8. The van der Waals surface area contributed by atoms with Crippen LogP contribution in [0.5, 0.6) is 0 Å². The van der Waals surface area contributed by atoms with Crippen molar-refractivity contribution in [1.29, 1.82) is 0 Å². The van der Waals surface area contributed by atoms with Crippen LogP contribution in [0.2, 0.25) is 0 Å². The van der Waals surface area contributed by atoms with Gasteiger partial charge in [-0.05, 0) is 41.1 Å². The fraction of sp³-hybridized carbons (Fsp3) is 0. The highest BCUT2D eigenvalue weighted by Crippen LogP contribution is 2.27. The third-order valence-electron chi connectivity index (χ3n) is 3.60. The number of halogens is 2. The first-order chi connectivity index (χ1) is 10.1. The summed E-state index contributed by atoms with van der Waals surface area (Å²) in [6.07, 6.45) is 0. The van der Waals surface area contributed by atoms with Gasteiger partial charge in [0, 0.05) is 0 Å². The Balaban J connectivity index is 2.34. The number of benzene rings is 3. The maximum absolute atomic E-state index is 13.8. The predicted molar refractivity (Wildman–Crippen MR) is 77.4 cm³/mol. The predicted octanol–water partition coefficient (Wildman–Crippen LogP) is 4.38. The van der Waals surface area contributed by atoms with Crippen LogP contribution in [0.3, 0.4) is 0 Å². The molecule has 0 aliphatic carbocycles. The van der Waals surface area contributed by atoms with Crippen molar-refractivity contribution in [2.45, 2.75) is 0 Å². The lowest BCUT2D eigenvalue weighted by Crippen LogP contribution is -2.03. The van der Waals surface area contributed by atoms with Gasteiger partial charge in [-0.3, -0.25) is 4.79 Å². The first-order valence-corrected chi connectivity index (χ1v) is 6.38. The Hall–Kier alpha value is -2.75. The van der Waals surface area contributed by atoms with Gasteiger partial charge in [0.1, 0.15) is 11.4 Å². The van der Waals surface area contributed by atoms with Crippen LogP contribution in [-0.2, 0) is 0 Å². The Morgan fingerprint density at radius 3 is 2.57 bits per heavy atom. The SMILES string of the molecule is O=c1c2cccc(F)c2oc2ccc3ccc(F)cc3c12. The molecule has 0 unspecified atom stereocenters. The second-order valence-corrected chi connectivity index (χ2v) is 4.85. The second kappa shape index (κ2) is 4.12. The molecule has 21 heavy (non-hydrogen) atoms. The number of para-hydroxylation sites is 1. The monoisotopic (exact) mass is 282 g/mol. The minimum atomic E-state index is -0.592. The van der Waals surface area contributed by atoms with E-state index in [-0.39, 0.29) is 27.4 Å². The molecule has 1 aromatic heterocycles. The molecule has 0 saturated carbocycles. The molecule has 0 spiro atoms. The third-order valence-corrected chi connectivity index (χ3v) is 3.60. The van der Waals surface area contributed by atoms with Gasteiger partial charge in [-0.1, -0.05) is 18.2 Å².